The second-order valence-corrected chi connectivity index (χ2v) is 6.91. The van der Waals surface area contributed by atoms with E-state index in [-0.39, 0.29) is 33.3 Å². The molecule has 1 aromatic carbocycles. The molecular formula is C18H16ClFN2O4. The average Bonchev–Trinajstić information content (AvgIpc) is 3.16. The van der Waals surface area contributed by atoms with E-state index in [0.29, 0.717) is 0 Å². The van der Waals surface area contributed by atoms with Crippen molar-refractivity contribution in [3.8, 4) is 0 Å². The molecule has 136 valence electrons. The van der Waals surface area contributed by atoms with E-state index in [2.05, 4.69) is 10.6 Å². The number of anilines is 1. The summed E-state index contributed by atoms with van der Waals surface area (Å²) in [5.74, 6) is -2.81. The molecule has 0 spiro atoms. The van der Waals surface area contributed by atoms with Crippen LogP contribution >= 0.6 is 11.6 Å². The molecule has 1 aromatic heterocycles. The molecule has 0 unspecified atom stereocenters. The second kappa shape index (κ2) is 6.57. The van der Waals surface area contributed by atoms with Crippen molar-refractivity contribution in [1.29, 1.82) is 0 Å². The Hall–Kier alpha value is -2.67. The van der Waals surface area contributed by atoms with Crippen molar-refractivity contribution in [3.63, 3.8) is 0 Å². The molecule has 0 bridgehead atoms. The van der Waals surface area contributed by atoms with Crippen molar-refractivity contribution in [2.24, 2.45) is 0 Å². The highest BCUT2D eigenvalue weighted by Crippen LogP contribution is 2.34. The van der Waals surface area contributed by atoms with Crippen LogP contribution in [0.25, 0.3) is 0 Å². The molecule has 1 heterocycles. The lowest BCUT2D eigenvalue weighted by Crippen LogP contribution is -2.39. The number of Topliss-reactive ketones (excluding diaryl/α,β-unsaturated/α-hetero) is 1. The number of amides is 2. The fourth-order valence-corrected chi connectivity index (χ4v) is 2.53. The molecule has 6 nitrogen and oxygen atoms in total. The first kappa shape index (κ1) is 18.1. The van der Waals surface area contributed by atoms with Gasteiger partial charge in [0.2, 0.25) is 0 Å². The summed E-state index contributed by atoms with van der Waals surface area (Å²) in [5.41, 5.74) is 0.0460. The largest absolute Gasteiger partial charge is 0.457 e. The number of hydrogen-bond donors (Lipinski definition) is 2. The lowest BCUT2D eigenvalue weighted by molar-refractivity contribution is -0.117. The molecule has 2 N–H and O–H groups in total. The van der Waals surface area contributed by atoms with Gasteiger partial charge in [-0.25, -0.2) is 4.39 Å². The van der Waals surface area contributed by atoms with E-state index in [1.807, 2.05) is 6.92 Å². The van der Waals surface area contributed by atoms with Crippen LogP contribution in [0.5, 0.6) is 0 Å². The Kier molecular flexibility index (Phi) is 4.58. The van der Waals surface area contributed by atoms with Gasteiger partial charge in [-0.15, -0.1) is 0 Å². The first-order valence-electron chi connectivity index (χ1n) is 7.92. The third-order valence-electron chi connectivity index (χ3n) is 4.19. The fourth-order valence-electron chi connectivity index (χ4n) is 2.35. The van der Waals surface area contributed by atoms with Crippen molar-refractivity contribution in [2.75, 3.05) is 5.32 Å². The van der Waals surface area contributed by atoms with Gasteiger partial charge in [0.15, 0.2) is 5.76 Å². The van der Waals surface area contributed by atoms with Crippen molar-refractivity contribution < 1.29 is 23.2 Å². The highest BCUT2D eigenvalue weighted by atomic mass is 35.5. The Morgan fingerprint density at radius 3 is 2.54 bits per heavy atom. The number of benzene rings is 1. The van der Waals surface area contributed by atoms with Gasteiger partial charge in [-0.1, -0.05) is 11.6 Å². The maximum atomic E-state index is 13.2. The molecule has 2 amide bonds. The molecule has 1 aliphatic carbocycles. The number of ketones is 1. The monoisotopic (exact) mass is 378 g/mol. The predicted octanol–water partition coefficient (Wildman–Crippen LogP) is 3.48. The predicted molar refractivity (Wildman–Crippen MR) is 92.9 cm³/mol. The first-order valence-corrected chi connectivity index (χ1v) is 8.30. The summed E-state index contributed by atoms with van der Waals surface area (Å²) in [6, 6.07) is 4.95. The molecule has 0 aliphatic heterocycles. The summed E-state index contributed by atoms with van der Waals surface area (Å²) in [6.45, 7) is 3.35. The maximum absolute atomic E-state index is 13.2. The number of carbonyl (C=O) groups is 3. The van der Waals surface area contributed by atoms with Gasteiger partial charge in [0, 0.05) is 17.3 Å². The third-order valence-corrected chi connectivity index (χ3v) is 4.47. The Morgan fingerprint density at radius 1 is 1.23 bits per heavy atom. The van der Waals surface area contributed by atoms with E-state index < -0.39 is 23.4 Å². The number of carbonyl (C=O) groups excluding carboxylic acids is 3. The summed E-state index contributed by atoms with van der Waals surface area (Å²) in [6.07, 6.45) is 1.63. The minimum Gasteiger partial charge on any atom is -0.457 e. The van der Waals surface area contributed by atoms with Gasteiger partial charge in [0.05, 0.1) is 10.6 Å². The van der Waals surface area contributed by atoms with E-state index in [0.717, 1.165) is 18.9 Å². The molecule has 2 aromatic rings. The van der Waals surface area contributed by atoms with E-state index in [4.69, 9.17) is 16.0 Å². The molecule has 0 atom stereocenters. The van der Waals surface area contributed by atoms with E-state index in [9.17, 15) is 18.8 Å². The normalized spacial score (nSPS) is 14.6. The third kappa shape index (κ3) is 3.77. The van der Waals surface area contributed by atoms with Crippen LogP contribution in [0.3, 0.4) is 0 Å². The van der Waals surface area contributed by atoms with Crippen LogP contribution in [0.2, 0.25) is 5.02 Å². The SMILES string of the molecule is Cc1oc(C(=O)C(=O)NC2(C)CC2)cc1C(=O)Nc1ccc(F)c(Cl)c1. The van der Waals surface area contributed by atoms with Crippen molar-refractivity contribution in [1.82, 2.24) is 5.32 Å². The maximum Gasteiger partial charge on any atom is 0.296 e. The van der Waals surface area contributed by atoms with Crippen LogP contribution in [-0.2, 0) is 4.79 Å². The Bertz CT molecular complexity index is 918. The van der Waals surface area contributed by atoms with E-state index >= 15 is 0 Å². The van der Waals surface area contributed by atoms with Gasteiger partial charge in [-0.05, 0) is 44.9 Å². The number of nitrogens with one attached hydrogen (secondary N) is 2. The van der Waals surface area contributed by atoms with Crippen LogP contribution in [0.1, 0.15) is 46.4 Å². The summed E-state index contributed by atoms with van der Waals surface area (Å²) < 4.78 is 18.5. The zero-order chi connectivity index (χ0) is 19.1. The topological polar surface area (TPSA) is 88.4 Å². The average molecular weight is 379 g/mol. The van der Waals surface area contributed by atoms with Crippen molar-refractivity contribution >= 4 is 34.9 Å². The van der Waals surface area contributed by atoms with E-state index in [1.54, 1.807) is 0 Å². The molecular weight excluding hydrogens is 363 g/mol. The van der Waals surface area contributed by atoms with Crippen molar-refractivity contribution in [3.05, 3.63) is 52.2 Å². The molecule has 0 radical (unpaired) electrons. The Labute approximate surface area is 153 Å². The smallest absolute Gasteiger partial charge is 0.296 e. The standard InChI is InChI=1S/C18H16ClFN2O4/c1-9-11(16(24)21-10-3-4-13(20)12(19)7-10)8-14(26-9)15(23)17(25)22-18(2)5-6-18/h3-4,7-8H,5-6H2,1-2H3,(H,21,24)(H,22,25). The molecule has 8 heteroatoms. The van der Waals surface area contributed by atoms with Gasteiger partial charge >= 0.3 is 0 Å². The van der Waals surface area contributed by atoms with Gasteiger partial charge in [0.25, 0.3) is 17.6 Å². The Balaban J connectivity index is 1.74. The zero-order valence-corrected chi connectivity index (χ0v) is 14.9. The molecule has 1 saturated carbocycles. The van der Waals surface area contributed by atoms with Crippen LogP contribution < -0.4 is 10.6 Å². The van der Waals surface area contributed by atoms with Gasteiger partial charge < -0.3 is 15.1 Å². The second-order valence-electron chi connectivity index (χ2n) is 6.51. The van der Waals surface area contributed by atoms with Crippen LogP contribution in [0.15, 0.2) is 28.7 Å². The number of hydrogen-bond acceptors (Lipinski definition) is 4. The van der Waals surface area contributed by atoms with Gasteiger partial charge in [-0.3, -0.25) is 14.4 Å². The summed E-state index contributed by atoms with van der Waals surface area (Å²) in [5, 5.41) is 5.04. The minimum atomic E-state index is -0.842. The van der Waals surface area contributed by atoms with Crippen molar-refractivity contribution in [2.45, 2.75) is 32.2 Å². The summed E-state index contributed by atoms with van der Waals surface area (Å²) in [4.78, 5) is 36.5. The minimum absolute atomic E-state index is 0.0965. The first-order chi connectivity index (χ1) is 12.2. The van der Waals surface area contributed by atoms with Crippen LogP contribution in [-0.4, -0.2) is 23.1 Å². The zero-order valence-electron chi connectivity index (χ0n) is 14.1. The lowest BCUT2D eigenvalue weighted by Gasteiger charge is -2.09. The molecule has 1 fully saturated rings. The summed E-state index contributed by atoms with van der Waals surface area (Å²) in [7, 11) is 0. The van der Waals surface area contributed by atoms with Crippen LogP contribution in [0, 0.1) is 12.7 Å². The summed E-state index contributed by atoms with van der Waals surface area (Å²) >= 11 is 5.68. The molecule has 3 rings (SSSR count). The molecule has 26 heavy (non-hydrogen) atoms. The number of halogens is 2. The van der Waals surface area contributed by atoms with E-state index in [1.165, 1.54) is 25.1 Å². The highest BCUT2D eigenvalue weighted by Gasteiger charge is 2.40. The van der Waals surface area contributed by atoms with Gasteiger partial charge in [-0.2, -0.15) is 0 Å². The number of furan rings is 1. The fraction of sp³-hybridized carbons (Fsp3) is 0.278. The van der Waals surface area contributed by atoms with Crippen LogP contribution in [0.4, 0.5) is 10.1 Å². The number of rotatable bonds is 5. The molecule has 1 aliphatic rings. The highest BCUT2D eigenvalue weighted by molar-refractivity contribution is 6.42. The Morgan fingerprint density at radius 2 is 1.92 bits per heavy atom. The number of aryl methyl sites for hydroxylation is 1. The molecule has 0 saturated heterocycles. The van der Waals surface area contributed by atoms with Gasteiger partial charge in [0.1, 0.15) is 11.6 Å². The lowest BCUT2D eigenvalue weighted by atomic mass is 10.2. The quantitative estimate of drug-likeness (QED) is 0.615.